The molecule has 0 aromatic carbocycles. The van der Waals surface area contributed by atoms with E-state index in [0.717, 1.165) is 6.42 Å². The SMILES string of the molecule is CC(Cc1cccs1)N(C)C(=O)c1cccnc1N. The number of aromatic nitrogens is 1. The molecule has 0 fully saturated rings. The Morgan fingerprint density at radius 3 is 2.89 bits per heavy atom. The van der Waals surface area contributed by atoms with Gasteiger partial charge in [-0.1, -0.05) is 6.07 Å². The first-order valence-corrected chi connectivity index (χ1v) is 6.97. The molecule has 0 spiro atoms. The van der Waals surface area contributed by atoms with Crippen molar-refractivity contribution in [1.29, 1.82) is 0 Å². The third kappa shape index (κ3) is 3.12. The van der Waals surface area contributed by atoms with Gasteiger partial charge in [0, 0.05) is 30.6 Å². The highest BCUT2D eigenvalue weighted by Gasteiger charge is 2.20. The van der Waals surface area contributed by atoms with E-state index in [1.54, 1.807) is 41.6 Å². The predicted molar refractivity (Wildman–Crippen MR) is 78.2 cm³/mol. The van der Waals surface area contributed by atoms with Crippen LogP contribution in [0.4, 0.5) is 5.82 Å². The maximum absolute atomic E-state index is 12.3. The number of carbonyl (C=O) groups is 1. The van der Waals surface area contributed by atoms with E-state index < -0.39 is 0 Å². The fraction of sp³-hybridized carbons (Fsp3) is 0.286. The second kappa shape index (κ2) is 5.84. The number of nitrogen functional groups attached to an aromatic ring is 1. The molecule has 19 heavy (non-hydrogen) atoms. The zero-order chi connectivity index (χ0) is 13.8. The van der Waals surface area contributed by atoms with Crippen molar-refractivity contribution in [1.82, 2.24) is 9.88 Å². The van der Waals surface area contributed by atoms with Gasteiger partial charge in [-0.2, -0.15) is 0 Å². The van der Waals surface area contributed by atoms with Gasteiger partial charge in [0.25, 0.3) is 5.91 Å². The zero-order valence-corrected chi connectivity index (χ0v) is 11.9. The van der Waals surface area contributed by atoms with Crippen LogP contribution in [0, 0.1) is 0 Å². The number of thiophene rings is 1. The lowest BCUT2D eigenvalue weighted by atomic mass is 10.1. The molecule has 1 unspecified atom stereocenters. The van der Waals surface area contributed by atoms with Gasteiger partial charge >= 0.3 is 0 Å². The number of pyridine rings is 1. The van der Waals surface area contributed by atoms with Crippen molar-refractivity contribution in [3.05, 3.63) is 46.3 Å². The number of rotatable bonds is 4. The van der Waals surface area contributed by atoms with Gasteiger partial charge in [0.05, 0.1) is 5.56 Å². The maximum atomic E-state index is 12.3. The Balaban J connectivity index is 2.09. The van der Waals surface area contributed by atoms with Crippen LogP contribution in [0.5, 0.6) is 0 Å². The van der Waals surface area contributed by atoms with E-state index in [2.05, 4.69) is 11.1 Å². The van der Waals surface area contributed by atoms with Crippen LogP contribution >= 0.6 is 11.3 Å². The zero-order valence-electron chi connectivity index (χ0n) is 11.0. The number of nitrogens with zero attached hydrogens (tertiary/aromatic N) is 2. The number of nitrogens with two attached hydrogens (primary N) is 1. The Bertz CT molecular complexity index is 554. The summed E-state index contributed by atoms with van der Waals surface area (Å²) in [6.07, 6.45) is 2.43. The van der Waals surface area contributed by atoms with Crippen molar-refractivity contribution in [2.75, 3.05) is 12.8 Å². The van der Waals surface area contributed by atoms with Gasteiger partial charge in [-0.15, -0.1) is 11.3 Å². The van der Waals surface area contributed by atoms with Crippen LogP contribution in [0.1, 0.15) is 22.2 Å². The third-order valence-corrected chi connectivity index (χ3v) is 4.03. The van der Waals surface area contributed by atoms with Gasteiger partial charge in [-0.05, 0) is 30.5 Å². The molecule has 0 aliphatic carbocycles. The van der Waals surface area contributed by atoms with E-state index in [1.807, 2.05) is 18.4 Å². The van der Waals surface area contributed by atoms with E-state index in [9.17, 15) is 4.79 Å². The first kappa shape index (κ1) is 13.5. The van der Waals surface area contributed by atoms with Gasteiger partial charge < -0.3 is 10.6 Å². The van der Waals surface area contributed by atoms with E-state index >= 15 is 0 Å². The van der Waals surface area contributed by atoms with Crippen molar-refractivity contribution >= 4 is 23.1 Å². The molecule has 2 aromatic heterocycles. The first-order valence-electron chi connectivity index (χ1n) is 6.09. The predicted octanol–water partition coefficient (Wildman–Crippen LogP) is 2.43. The second-order valence-electron chi connectivity index (χ2n) is 4.48. The summed E-state index contributed by atoms with van der Waals surface area (Å²) >= 11 is 1.70. The Morgan fingerprint density at radius 2 is 2.26 bits per heavy atom. The van der Waals surface area contributed by atoms with Gasteiger partial charge in [0.2, 0.25) is 0 Å². The number of likely N-dealkylation sites (N-methyl/N-ethyl adjacent to an activating group) is 1. The summed E-state index contributed by atoms with van der Waals surface area (Å²) < 4.78 is 0. The first-order chi connectivity index (χ1) is 9.09. The standard InChI is InChI=1S/C14H17N3OS/c1-10(9-11-5-4-8-19-11)17(2)14(18)12-6-3-7-16-13(12)15/h3-8,10H,9H2,1-2H3,(H2,15,16). The molecule has 2 aromatic rings. The number of hydrogen-bond acceptors (Lipinski definition) is 4. The lowest BCUT2D eigenvalue weighted by Gasteiger charge is -2.25. The molecule has 1 atom stereocenters. The fourth-order valence-electron chi connectivity index (χ4n) is 1.85. The topological polar surface area (TPSA) is 59.2 Å². The van der Waals surface area contributed by atoms with Crippen molar-refractivity contribution in [2.24, 2.45) is 0 Å². The van der Waals surface area contributed by atoms with Crippen molar-refractivity contribution < 1.29 is 4.79 Å². The smallest absolute Gasteiger partial charge is 0.257 e. The number of amides is 1. The average molecular weight is 275 g/mol. The summed E-state index contributed by atoms with van der Waals surface area (Å²) in [6, 6.07) is 7.65. The van der Waals surface area contributed by atoms with Gasteiger partial charge in [-0.3, -0.25) is 4.79 Å². The molecule has 0 aliphatic rings. The molecule has 1 amide bonds. The lowest BCUT2D eigenvalue weighted by Crippen LogP contribution is -2.36. The molecule has 0 bridgehead atoms. The average Bonchev–Trinajstić information content (AvgIpc) is 2.90. The Hall–Kier alpha value is -1.88. The molecule has 2 rings (SSSR count). The normalized spacial score (nSPS) is 12.1. The van der Waals surface area contributed by atoms with E-state index in [1.165, 1.54) is 4.88 Å². The monoisotopic (exact) mass is 275 g/mol. The molecule has 100 valence electrons. The molecule has 4 nitrogen and oxygen atoms in total. The molecule has 0 saturated heterocycles. The fourth-order valence-corrected chi connectivity index (χ4v) is 2.67. The Morgan fingerprint density at radius 1 is 1.47 bits per heavy atom. The molecule has 2 N–H and O–H groups in total. The summed E-state index contributed by atoms with van der Waals surface area (Å²) in [6.45, 7) is 2.03. The Kier molecular flexibility index (Phi) is 4.16. The third-order valence-electron chi connectivity index (χ3n) is 3.13. The molecule has 0 aliphatic heterocycles. The quantitative estimate of drug-likeness (QED) is 0.932. The maximum Gasteiger partial charge on any atom is 0.257 e. The van der Waals surface area contributed by atoms with Crippen molar-refractivity contribution in [3.8, 4) is 0 Å². The molecule has 2 heterocycles. The van der Waals surface area contributed by atoms with E-state index in [0.29, 0.717) is 5.56 Å². The van der Waals surface area contributed by atoms with Gasteiger partial charge in [0.15, 0.2) is 0 Å². The molecule has 0 radical (unpaired) electrons. The van der Waals surface area contributed by atoms with Crippen LogP contribution in [0.25, 0.3) is 0 Å². The van der Waals surface area contributed by atoms with Crippen LogP contribution in [-0.4, -0.2) is 28.9 Å². The van der Waals surface area contributed by atoms with Crippen LogP contribution in [0.15, 0.2) is 35.8 Å². The van der Waals surface area contributed by atoms with Crippen LogP contribution in [0.2, 0.25) is 0 Å². The summed E-state index contributed by atoms with van der Waals surface area (Å²) in [4.78, 5) is 19.3. The van der Waals surface area contributed by atoms with Gasteiger partial charge in [-0.25, -0.2) is 4.98 Å². The molecular weight excluding hydrogens is 258 g/mol. The highest BCUT2D eigenvalue weighted by atomic mass is 32.1. The summed E-state index contributed by atoms with van der Waals surface area (Å²) in [5, 5.41) is 2.04. The Labute approximate surface area is 116 Å². The van der Waals surface area contributed by atoms with Gasteiger partial charge in [0.1, 0.15) is 5.82 Å². The van der Waals surface area contributed by atoms with Crippen LogP contribution in [0.3, 0.4) is 0 Å². The molecular formula is C14H17N3OS. The van der Waals surface area contributed by atoms with Crippen LogP contribution < -0.4 is 5.73 Å². The largest absolute Gasteiger partial charge is 0.383 e. The summed E-state index contributed by atoms with van der Waals surface area (Å²) in [5.74, 6) is 0.192. The summed E-state index contributed by atoms with van der Waals surface area (Å²) in [7, 11) is 1.80. The number of hydrogen-bond donors (Lipinski definition) is 1. The lowest BCUT2D eigenvalue weighted by molar-refractivity contribution is 0.0744. The molecule has 0 saturated carbocycles. The minimum Gasteiger partial charge on any atom is -0.383 e. The van der Waals surface area contributed by atoms with E-state index in [4.69, 9.17) is 5.73 Å². The van der Waals surface area contributed by atoms with E-state index in [-0.39, 0.29) is 17.8 Å². The second-order valence-corrected chi connectivity index (χ2v) is 5.52. The number of carbonyl (C=O) groups excluding carboxylic acids is 1. The molecule has 5 heteroatoms. The highest BCUT2D eigenvalue weighted by molar-refractivity contribution is 7.09. The van der Waals surface area contributed by atoms with Crippen molar-refractivity contribution in [3.63, 3.8) is 0 Å². The van der Waals surface area contributed by atoms with Crippen molar-refractivity contribution in [2.45, 2.75) is 19.4 Å². The minimum atomic E-state index is -0.0883. The number of anilines is 1. The highest BCUT2D eigenvalue weighted by Crippen LogP contribution is 2.16. The van der Waals surface area contributed by atoms with Crippen LogP contribution in [-0.2, 0) is 6.42 Å². The summed E-state index contributed by atoms with van der Waals surface area (Å²) in [5.41, 5.74) is 6.20. The minimum absolute atomic E-state index is 0.0883.